The summed E-state index contributed by atoms with van der Waals surface area (Å²) in [6.45, 7) is 10.4. The lowest BCUT2D eigenvalue weighted by atomic mass is 9.95. The molecule has 3 rings (SSSR count). The first-order valence-corrected chi connectivity index (χ1v) is 7.84. The second-order valence-electron chi connectivity index (χ2n) is 5.80. The molecule has 3 aromatic rings. The third-order valence-electron chi connectivity index (χ3n) is 4.30. The zero-order chi connectivity index (χ0) is 15.9. The minimum Gasteiger partial charge on any atom is -0.441 e. The van der Waals surface area contributed by atoms with E-state index in [0.717, 1.165) is 47.0 Å². The summed E-state index contributed by atoms with van der Waals surface area (Å²) in [6, 6.07) is 2.16. The van der Waals surface area contributed by atoms with Crippen LogP contribution in [-0.2, 0) is 0 Å². The van der Waals surface area contributed by atoms with Crippen LogP contribution in [0.15, 0.2) is 16.9 Å². The second kappa shape index (κ2) is 5.55. The Balaban J connectivity index is 2.33. The van der Waals surface area contributed by atoms with E-state index in [1.165, 1.54) is 12.0 Å². The number of aryl methyl sites for hydroxylation is 3. The number of hydrogen-bond donors (Lipinski definition) is 0. The molecular weight excluding hydrogens is 276 g/mol. The normalized spacial score (nSPS) is 11.7. The molecule has 0 aromatic carbocycles. The van der Waals surface area contributed by atoms with E-state index in [2.05, 4.69) is 30.0 Å². The first kappa shape index (κ1) is 14.8. The molecule has 0 radical (unpaired) electrons. The smallest absolute Gasteiger partial charge is 0.181 e. The molecule has 0 bridgehead atoms. The highest BCUT2D eigenvalue weighted by Gasteiger charge is 2.22. The van der Waals surface area contributed by atoms with Crippen LogP contribution < -0.4 is 0 Å². The molecular formula is C17H22N4O. The van der Waals surface area contributed by atoms with Crippen LogP contribution in [-0.4, -0.2) is 19.6 Å². The van der Waals surface area contributed by atoms with Gasteiger partial charge >= 0.3 is 0 Å². The predicted octanol–water partition coefficient (Wildman–Crippen LogP) is 4.21. The van der Waals surface area contributed by atoms with Crippen LogP contribution in [0.5, 0.6) is 0 Å². The fourth-order valence-electron chi connectivity index (χ4n) is 3.10. The van der Waals surface area contributed by atoms with Crippen LogP contribution in [0.4, 0.5) is 0 Å². The summed E-state index contributed by atoms with van der Waals surface area (Å²) in [6.07, 6.45) is 3.66. The van der Waals surface area contributed by atoms with Gasteiger partial charge in [-0.2, -0.15) is 5.10 Å². The van der Waals surface area contributed by atoms with E-state index in [1.54, 1.807) is 0 Å². The van der Waals surface area contributed by atoms with Gasteiger partial charge < -0.3 is 4.42 Å². The van der Waals surface area contributed by atoms with Gasteiger partial charge in [0.1, 0.15) is 5.69 Å². The highest BCUT2D eigenvalue weighted by molar-refractivity contribution is 5.65. The molecule has 0 aliphatic carbocycles. The van der Waals surface area contributed by atoms with Crippen molar-refractivity contribution >= 4 is 5.65 Å². The van der Waals surface area contributed by atoms with Crippen molar-refractivity contribution in [2.24, 2.45) is 0 Å². The Morgan fingerprint density at radius 3 is 2.45 bits per heavy atom. The van der Waals surface area contributed by atoms with Gasteiger partial charge in [-0.25, -0.2) is 14.5 Å². The van der Waals surface area contributed by atoms with Crippen molar-refractivity contribution in [1.82, 2.24) is 19.6 Å². The quantitative estimate of drug-likeness (QED) is 0.724. The molecule has 0 fully saturated rings. The summed E-state index contributed by atoms with van der Waals surface area (Å²) in [5.74, 6) is 1.24. The topological polar surface area (TPSA) is 56.2 Å². The molecule has 5 nitrogen and oxygen atoms in total. The van der Waals surface area contributed by atoms with Crippen LogP contribution in [0.25, 0.3) is 17.1 Å². The van der Waals surface area contributed by atoms with Crippen LogP contribution in [0.2, 0.25) is 0 Å². The molecule has 22 heavy (non-hydrogen) atoms. The Kier molecular flexibility index (Phi) is 3.72. The van der Waals surface area contributed by atoms with E-state index in [0.29, 0.717) is 5.92 Å². The fraction of sp³-hybridized carbons (Fsp3) is 0.471. The zero-order valence-electron chi connectivity index (χ0n) is 13.8. The van der Waals surface area contributed by atoms with Crippen molar-refractivity contribution in [3.63, 3.8) is 0 Å². The standard InChI is InChI=1S/C17H22N4O/c1-6-13(7-2)14-8-10(3)20-21-15(11(4)19-17(14)21)16-12(5)18-9-22-16/h8-9,13H,6-7H2,1-5H3. The molecule has 116 valence electrons. The third kappa shape index (κ3) is 2.21. The van der Waals surface area contributed by atoms with Crippen molar-refractivity contribution in [2.45, 2.75) is 53.4 Å². The zero-order valence-corrected chi connectivity index (χ0v) is 13.8. The molecule has 0 saturated carbocycles. The van der Waals surface area contributed by atoms with E-state index in [4.69, 9.17) is 9.40 Å². The van der Waals surface area contributed by atoms with Crippen molar-refractivity contribution in [3.05, 3.63) is 35.1 Å². The highest BCUT2D eigenvalue weighted by atomic mass is 16.3. The van der Waals surface area contributed by atoms with Crippen LogP contribution in [0.1, 0.15) is 55.3 Å². The minimum absolute atomic E-state index is 0.495. The van der Waals surface area contributed by atoms with Crippen molar-refractivity contribution < 1.29 is 4.42 Å². The summed E-state index contributed by atoms with van der Waals surface area (Å²) in [4.78, 5) is 8.98. The van der Waals surface area contributed by atoms with Gasteiger partial charge in [0.2, 0.25) is 0 Å². The van der Waals surface area contributed by atoms with Gasteiger partial charge in [-0.1, -0.05) is 13.8 Å². The highest BCUT2D eigenvalue weighted by Crippen LogP contribution is 2.32. The Hall–Kier alpha value is -2.17. The van der Waals surface area contributed by atoms with Crippen LogP contribution >= 0.6 is 0 Å². The fourth-order valence-corrected chi connectivity index (χ4v) is 3.10. The lowest BCUT2D eigenvalue weighted by Crippen LogP contribution is -2.05. The minimum atomic E-state index is 0.495. The van der Waals surface area contributed by atoms with E-state index in [9.17, 15) is 0 Å². The van der Waals surface area contributed by atoms with Crippen LogP contribution in [0.3, 0.4) is 0 Å². The Morgan fingerprint density at radius 2 is 1.86 bits per heavy atom. The summed E-state index contributed by atoms with van der Waals surface area (Å²) in [7, 11) is 0. The molecule has 0 unspecified atom stereocenters. The molecule has 0 aliphatic rings. The van der Waals surface area contributed by atoms with Crippen LogP contribution in [0, 0.1) is 20.8 Å². The van der Waals surface area contributed by atoms with E-state index >= 15 is 0 Å². The molecule has 0 spiro atoms. The molecule has 0 atom stereocenters. The molecule has 0 aliphatic heterocycles. The Labute approximate surface area is 130 Å². The number of fused-ring (bicyclic) bond motifs is 1. The molecule has 3 aromatic heterocycles. The SMILES string of the molecule is CCC(CC)c1cc(C)nn2c(-c3ocnc3C)c(C)nc12. The van der Waals surface area contributed by atoms with Gasteiger partial charge in [0.05, 0.1) is 17.1 Å². The largest absolute Gasteiger partial charge is 0.441 e. The van der Waals surface area contributed by atoms with Gasteiger partial charge in [0.15, 0.2) is 17.8 Å². The predicted molar refractivity (Wildman–Crippen MR) is 86.0 cm³/mol. The van der Waals surface area contributed by atoms with Gasteiger partial charge in [0.25, 0.3) is 0 Å². The maximum absolute atomic E-state index is 5.58. The molecule has 0 saturated heterocycles. The number of aromatic nitrogens is 4. The summed E-state index contributed by atoms with van der Waals surface area (Å²) in [5.41, 5.74) is 5.88. The number of nitrogens with zero attached hydrogens (tertiary/aromatic N) is 4. The summed E-state index contributed by atoms with van der Waals surface area (Å²) >= 11 is 0. The van der Waals surface area contributed by atoms with E-state index < -0.39 is 0 Å². The average molecular weight is 298 g/mol. The maximum atomic E-state index is 5.58. The molecule has 5 heteroatoms. The van der Waals surface area contributed by atoms with E-state index in [1.807, 2.05) is 25.3 Å². The lowest BCUT2D eigenvalue weighted by molar-refractivity contribution is 0.566. The summed E-state index contributed by atoms with van der Waals surface area (Å²) < 4.78 is 7.50. The van der Waals surface area contributed by atoms with Gasteiger partial charge in [-0.05, 0) is 45.6 Å². The number of oxazole rings is 1. The molecule has 3 heterocycles. The Bertz CT molecular complexity index is 812. The molecule has 0 amide bonds. The van der Waals surface area contributed by atoms with Crippen molar-refractivity contribution in [2.75, 3.05) is 0 Å². The van der Waals surface area contributed by atoms with Gasteiger partial charge in [0, 0.05) is 5.56 Å². The number of imidazole rings is 1. The second-order valence-corrected chi connectivity index (χ2v) is 5.80. The number of hydrogen-bond acceptors (Lipinski definition) is 4. The van der Waals surface area contributed by atoms with Crippen molar-refractivity contribution in [1.29, 1.82) is 0 Å². The molecule has 0 N–H and O–H groups in total. The monoisotopic (exact) mass is 298 g/mol. The third-order valence-corrected chi connectivity index (χ3v) is 4.30. The van der Waals surface area contributed by atoms with Crippen molar-refractivity contribution in [3.8, 4) is 11.5 Å². The Morgan fingerprint density at radius 1 is 1.14 bits per heavy atom. The van der Waals surface area contributed by atoms with Gasteiger partial charge in [-0.3, -0.25) is 0 Å². The summed E-state index contributed by atoms with van der Waals surface area (Å²) in [5, 5.41) is 4.67. The average Bonchev–Trinajstić information content (AvgIpc) is 3.03. The lowest BCUT2D eigenvalue weighted by Gasteiger charge is -2.14. The van der Waals surface area contributed by atoms with E-state index in [-0.39, 0.29) is 0 Å². The maximum Gasteiger partial charge on any atom is 0.181 e. The first-order valence-electron chi connectivity index (χ1n) is 7.84. The number of rotatable bonds is 4. The van der Waals surface area contributed by atoms with Gasteiger partial charge in [-0.15, -0.1) is 0 Å². The first-order chi connectivity index (χ1) is 10.6.